The molecule has 0 aliphatic heterocycles. The standard InChI is InChI=1S/C33H41N3O4S/c1-23-11-16-28(17-12-23)21-35(27(5)33(38)34-29-8-6-7-9-29)32(37)22-36(31-20-25(3)10-15-26(31)4)41(39,40)30-18-13-24(2)14-19-30/h10-20,27,29H,6-9,21-22H2,1-5H3,(H,34,38)/t27-/m1/s1. The van der Waals surface area contributed by atoms with Crippen molar-refractivity contribution in [2.75, 3.05) is 10.8 Å². The van der Waals surface area contributed by atoms with E-state index in [1.54, 1.807) is 37.3 Å². The zero-order valence-electron chi connectivity index (χ0n) is 24.7. The van der Waals surface area contributed by atoms with Gasteiger partial charge in [0.25, 0.3) is 10.0 Å². The van der Waals surface area contributed by atoms with Gasteiger partial charge in [-0.2, -0.15) is 0 Å². The highest BCUT2D eigenvalue weighted by Crippen LogP contribution is 2.29. The first-order chi connectivity index (χ1) is 19.5. The van der Waals surface area contributed by atoms with Crippen LogP contribution in [0.5, 0.6) is 0 Å². The van der Waals surface area contributed by atoms with Gasteiger partial charge in [-0.15, -0.1) is 0 Å². The molecule has 7 nitrogen and oxygen atoms in total. The predicted octanol–water partition coefficient (Wildman–Crippen LogP) is 5.59. The van der Waals surface area contributed by atoms with E-state index >= 15 is 0 Å². The van der Waals surface area contributed by atoms with E-state index in [2.05, 4.69) is 5.32 Å². The predicted molar refractivity (Wildman–Crippen MR) is 163 cm³/mol. The first kappa shape index (κ1) is 30.3. The summed E-state index contributed by atoms with van der Waals surface area (Å²) in [6, 6.07) is 19.3. The maximum atomic E-state index is 14.1. The van der Waals surface area contributed by atoms with Crippen molar-refractivity contribution in [2.24, 2.45) is 0 Å². The fourth-order valence-corrected chi connectivity index (χ4v) is 6.67. The Balaban J connectivity index is 1.71. The highest BCUT2D eigenvalue weighted by Gasteiger charge is 2.34. The van der Waals surface area contributed by atoms with Gasteiger partial charge < -0.3 is 10.2 Å². The van der Waals surface area contributed by atoms with E-state index in [0.717, 1.165) is 53.5 Å². The van der Waals surface area contributed by atoms with E-state index in [0.29, 0.717) is 5.69 Å². The lowest BCUT2D eigenvalue weighted by Crippen LogP contribution is -2.52. The molecule has 8 heteroatoms. The number of carbonyl (C=O) groups is 2. The number of hydrogen-bond acceptors (Lipinski definition) is 4. The number of amides is 2. The topological polar surface area (TPSA) is 86.8 Å². The molecule has 0 saturated heterocycles. The quantitative estimate of drug-likeness (QED) is 0.341. The number of anilines is 1. The Kier molecular flexibility index (Phi) is 9.53. The Morgan fingerprint density at radius 3 is 2.02 bits per heavy atom. The minimum atomic E-state index is -4.10. The van der Waals surface area contributed by atoms with Gasteiger partial charge in [-0.05, 0) is 82.3 Å². The number of aryl methyl sites for hydroxylation is 4. The molecule has 0 aromatic heterocycles. The molecule has 1 N–H and O–H groups in total. The molecule has 0 radical (unpaired) electrons. The first-order valence-electron chi connectivity index (χ1n) is 14.3. The van der Waals surface area contributed by atoms with E-state index in [-0.39, 0.29) is 23.4 Å². The maximum Gasteiger partial charge on any atom is 0.264 e. The number of rotatable bonds is 10. The third-order valence-electron chi connectivity index (χ3n) is 7.86. The van der Waals surface area contributed by atoms with Crippen molar-refractivity contribution in [2.45, 2.75) is 83.8 Å². The number of nitrogens with zero attached hydrogens (tertiary/aromatic N) is 2. The number of sulfonamides is 1. The van der Waals surface area contributed by atoms with Crippen LogP contribution in [0.3, 0.4) is 0 Å². The third-order valence-corrected chi connectivity index (χ3v) is 9.64. The number of nitrogens with one attached hydrogen (secondary N) is 1. The second-order valence-corrected chi connectivity index (χ2v) is 13.2. The van der Waals surface area contributed by atoms with Gasteiger partial charge in [0, 0.05) is 12.6 Å². The summed E-state index contributed by atoms with van der Waals surface area (Å²) in [7, 11) is -4.10. The molecule has 1 atom stereocenters. The summed E-state index contributed by atoms with van der Waals surface area (Å²) in [5.74, 6) is -0.673. The average Bonchev–Trinajstić information content (AvgIpc) is 3.45. The Morgan fingerprint density at radius 2 is 1.41 bits per heavy atom. The second kappa shape index (κ2) is 12.9. The maximum absolute atomic E-state index is 14.1. The lowest BCUT2D eigenvalue weighted by Gasteiger charge is -2.33. The van der Waals surface area contributed by atoms with Gasteiger partial charge >= 0.3 is 0 Å². The normalized spacial score (nSPS) is 14.5. The van der Waals surface area contributed by atoms with E-state index in [4.69, 9.17) is 0 Å². The fourth-order valence-electron chi connectivity index (χ4n) is 5.20. The van der Waals surface area contributed by atoms with E-state index in [9.17, 15) is 18.0 Å². The highest BCUT2D eigenvalue weighted by atomic mass is 32.2. The number of carbonyl (C=O) groups excluding carboxylic acids is 2. The van der Waals surface area contributed by atoms with E-state index in [1.165, 1.54) is 9.21 Å². The summed E-state index contributed by atoms with van der Waals surface area (Å²) in [5.41, 5.74) is 4.94. The largest absolute Gasteiger partial charge is 0.352 e. The third kappa shape index (κ3) is 7.36. The van der Waals surface area contributed by atoms with Crippen LogP contribution < -0.4 is 9.62 Å². The monoisotopic (exact) mass is 575 g/mol. The van der Waals surface area contributed by atoms with Gasteiger partial charge in [0.05, 0.1) is 10.6 Å². The minimum Gasteiger partial charge on any atom is -0.352 e. The molecule has 1 fully saturated rings. The van der Waals surface area contributed by atoms with E-state index < -0.39 is 28.5 Å². The van der Waals surface area contributed by atoms with Crippen LogP contribution in [0.1, 0.15) is 60.4 Å². The van der Waals surface area contributed by atoms with Gasteiger partial charge in [0.15, 0.2) is 0 Å². The summed E-state index contributed by atoms with van der Waals surface area (Å²) in [6.45, 7) is 9.06. The number of benzene rings is 3. The molecule has 0 bridgehead atoms. The van der Waals surface area contributed by atoms with Crippen molar-refractivity contribution in [3.63, 3.8) is 0 Å². The Bertz CT molecular complexity index is 1480. The van der Waals surface area contributed by atoms with Crippen LogP contribution in [0, 0.1) is 27.7 Å². The van der Waals surface area contributed by atoms with E-state index in [1.807, 2.05) is 64.1 Å². The van der Waals surface area contributed by atoms with Crippen LogP contribution in [0.2, 0.25) is 0 Å². The Morgan fingerprint density at radius 1 is 0.854 bits per heavy atom. The van der Waals surface area contributed by atoms with Crippen molar-refractivity contribution < 1.29 is 18.0 Å². The molecule has 0 heterocycles. The molecule has 3 aromatic rings. The van der Waals surface area contributed by atoms with Crippen molar-refractivity contribution in [1.29, 1.82) is 0 Å². The van der Waals surface area contributed by atoms with Crippen LogP contribution in [-0.2, 0) is 26.2 Å². The molecule has 0 spiro atoms. The minimum absolute atomic E-state index is 0.105. The van der Waals surface area contributed by atoms with Crippen molar-refractivity contribution in [1.82, 2.24) is 10.2 Å². The van der Waals surface area contributed by atoms with Gasteiger partial charge in [-0.25, -0.2) is 8.42 Å². The molecule has 0 unspecified atom stereocenters. The van der Waals surface area contributed by atoms with Gasteiger partial charge in [0.2, 0.25) is 11.8 Å². The average molecular weight is 576 g/mol. The molecular weight excluding hydrogens is 534 g/mol. The summed E-state index contributed by atoms with van der Waals surface area (Å²) < 4.78 is 29.3. The Hall–Kier alpha value is -3.65. The zero-order chi connectivity index (χ0) is 29.7. The van der Waals surface area contributed by atoms with Gasteiger partial charge in [-0.3, -0.25) is 13.9 Å². The molecule has 1 aliphatic carbocycles. The molecule has 218 valence electrons. The second-order valence-electron chi connectivity index (χ2n) is 11.3. The molecule has 1 saturated carbocycles. The van der Waals surface area contributed by atoms with Gasteiger partial charge in [-0.1, -0.05) is 72.5 Å². The lowest BCUT2D eigenvalue weighted by molar-refractivity contribution is -0.139. The molecule has 4 rings (SSSR count). The van der Waals surface area contributed by atoms with Crippen molar-refractivity contribution in [3.8, 4) is 0 Å². The van der Waals surface area contributed by atoms with Crippen LogP contribution in [0.25, 0.3) is 0 Å². The first-order valence-corrected chi connectivity index (χ1v) is 15.7. The Labute approximate surface area is 244 Å². The van der Waals surface area contributed by atoms with Crippen molar-refractivity contribution >= 4 is 27.5 Å². The zero-order valence-corrected chi connectivity index (χ0v) is 25.5. The highest BCUT2D eigenvalue weighted by molar-refractivity contribution is 7.92. The van der Waals surface area contributed by atoms with Gasteiger partial charge in [0.1, 0.15) is 12.6 Å². The summed E-state index contributed by atoms with van der Waals surface area (Å²) >= 11 is 0. The molecular formula is C33H41N3O4S. The van der Waals surface area contributed by atoms with Crippen LogP contribution >= 0.6 is 0 Å². The summed E-state index contributed by atoms with van der Waals surface area (Å²) in [4.78, 5) is 29.1. The molecule has 1 aliphatic rings. The van der Waals surface area contributed by atoms with Crippen LogP contribution in [0.15, 0.2) is 71.6 Å². The molecule has 41 heavy (non-hydrogen) atoms. The fraction of sp³-hybridized carbons (Fsp3) is 0.394. The molecule has 3 aromatic carbocycles. The SMILES string of the molecule is Cc1ccc(CN(C(=O)CN(c2cc(C)ccc2C)S(=O)(=O)c2ccc(C)cc2)[C@H](C)C(=O)NC2CCCC2)cc1. The van der Waals surface area contributed by atoms with Crippen LogP contribution in [0.4, 0.5) is 5.69 Å². The lowest BCUT2D eigenvalue weighted by atomic mass is 10.1. The smallest absolute Gasteiger partial charge is 0.264 e. The summed E-state index contributed by atoms with van der Waals surface area (Å²) in [5, 5.41) is 3.11. The number of hydrogen-bond donors (Lipinski definition) is 1. The summed E-state index contributed by atoms with van der Waals surface area (Å²) in [6.07, 6.45) is 4.01. The van der Waals surface area contributed by atoms with Crippen LogP contribution in [-0.4, -0.2) is 43.8 Å². The molecule has 2 amide bonds. The van der Waals surface area contributed by atoms with Crippen molar-refractivity contribution in [3.05, 3.63) is 94.5 Å².